The Morgan fingerprint density at radius 2 is 1.50 bits per heavy atom. The largest absolute Gasteiger partial charge is 0.284 e. The molecule has 0 saturated carbocycles. The van der Waals surface area contributed by atoms with Crippen LogP contribution in [0.3, 0.4) is 0 Å². The summed E-state index contributed by atoms with van der Waals surface area (Å²) in [5.41, 5.74) is 0. The number of rotatable bonds is 0. The van der Waals surface area contributed by atoms with Crippen molar-refractivity contribution in [3.05, 3.63) is 6.58 Å². The molecule has 0 aliphatic rings. The SMILES string of the molecule is C=C=O.FC(F)C(Cl)(Cl)Cl. The minimum atomic E-state index is -2.91. The van der Waals surface area contributed by atoms with Crippen molar-refractivity contribution in [1.82, 2.24) is 0 Å². The van der Waals surface area contributed by atoms with E-state index in [1.54, 1.807) is 0 Å². The Hall–Kier alpha value is 0.180. The van der Waals surface area contributed by atoms with Crippen LogP contribution < -0.4 is 0 Å². The van der Waals surface area contributed by atoms with Crippen LogP contribution in [0.1, 0.15) is 0 Å². The molecule has 6 heteroatoms. The summed E-state index contributed by atoms with van der Waals surface area (Å²) in [5, 5.41) is 0. The van der Waals surface area contributed by atoms with Gasteiger partial charge in [0.15, 0.2) is 0 Å². The predicted octanol–water partition coefficient (Wildman–Crippen LogP) is 2.63. The molecule has 10 heavy (non-hydrogen) atoms. The van der Waals surface area contributed by atoms with Crippen LogP contribution in [0.5, 0.6) is 0 Å². The molecule has 0 radical (unpaired) electrons. The highest BCUT2D eigenvalue weighted by atomic mass is 35.6. The lowest BCUT2D eigenvalue weighted by atomic mass is 10.8. The third kappa shape index (κ3) is 11.0. The van der Waals surface area contributed by atoms with Crippen molar-refractivity contribution in [3.63, 3.8) is 0 Å². The first-order chi connectivity index (χ1) is 4.36. The van der Waals surface area contributed by atoms with Crippen LogP contribution in [0.4, 0.5) is 8.78 Å². The molecule has 0 aliphatic carbocycles. The fraction of sp³-hybridized carbons (Fsp3) is 0.500. The third-order valence-corrected chi connectivity index (χ3v) is 0.742. The van der Waals surface area contributed by atoms with E-state index in [1.807, 2.05) is 0 Å². The van der Waals surface area contributed by atoms with Gasteiger partial charge >= 0.3 is 0 Å². The summed E-state index contributed by atoms with van der Waals surface area (Å²) in [7, 11) is 0. The zero-order valence-corrected chi connectivity index (χ0v) is 6.85. The molecule has 0 amide bonds. The van der Waals surface area contributed by atoms with Gasteiger partial charge in [0.25, 0.3) is 10.2 Å². The maximum atomic E-state index is 11.1. The highest BCUT2D eigenvalue weighted by Crippen LogP contribution is 2.32. The van der Waals surface area contributed by atoms with Crippen molar-refractivity contribution in [1.29, 1.82) is 0 Å². The van der Waals surface area contributed by atoms with Gasteiger partial charge in [0.1, 0.15) is 5.94 Å². The number of hydrogen-bond donors (Lipinski definition) is 0. The second-order valence-electron chi connectivity index (χ2n) is 0.987. The molecule has 0 rings (SSSR count). The first kappa shape index (κ1) is 12.8. The van der Waals surface area contributed by atoms with Gasteiger partial charge in [-0.3, -0.25) is 0 Å². The smallest absolute Gasteiger partial charge is 0.234 e. The van der Waals surface area contributed by atoms with Crippen LogP contribution in [0, 0.1) is 0 Å². The van der Waals surface area contributed by atoms with Gasteiger partial charge in [0.2, 0.25) is 0 Å². The summed E-state index contributed by atoms with van der Waals surface area (Å²) in [4.78, 5) is 8.57. The van der Waals surface area contributed by atoms with Gasteiger partial charge in [-0.05, 0) is 6.58 Å². The molecular weight excluding hydrogens is 208 g/mol. The number of alkyl halides is 5. The number of halogens is 5. The topological polar surface area (TPSA) is 17.1 Å². The van der Waals surface area contributed by atoms with Gasteiger partial charge in [-0.15, -0.1) is 0 Å². The van der Waals surface area contributed by atoms with E-state index in [0.29, 0.717) is 0 Å². The lowest BCUT2D eigenvalue weighted by molar-refractivity contribution is 0.153. The monoisotopic (exact) mass is 210 g/mol. The van der Waals surface area contributed by atoms with E-state index >= 15 is 0 Å². The molecule has 60 valence electrons. The Balaban J connectivity index is 0. The Morgan fingerprint density at radius 1 is 1.40 bits per heavy atom. The molecule has 0 fully saturated rings. The van der Waals surface area contributed by atoms with Crippen LogP contribution in [-0.4, -0.2) is 16.2 Å². The summed E-state index contributed by atoms with van der Waals surface area (Å²) >= 11 is 13.9. The minimum absolute atomic E-state index is 1.25. The molecule has 0 heterocycles. The Bertz CT molecular complexity index is 114. The lowest BCUT2D eigenvalue weighted by Gasteiger charge is -2.06. The third-order valence-electron chi connectivity index (χ3n) is 0.247. The van der Waals surface area contributed by atoms with Crippen molar-refractivity contribution in [2.75, 3.05) is 0 Å². The fourth-order valence-corrected chi connectivity index (χ4v) is 0. The summed E-state index contributed by atoms with van der Waals surface area (Å²) in [6.45, 7) is 2.68. The average Bonchev–Trinajstić information content (AvgIpc) is 1.64. The van der Waals surface area contributed by atoms with Crippen LogP contribution in [0.2, 0.25) is 0 Å². The maximum Gasteiger partial charge on any atom is 0.284 e. The van der Waals surface area contributed by atoms with Crippen molar-refractivity contribution in [2.24, 2.45) is 0 Å². The van der Waals surface area contributed by atoms with Gasteiger partial charge in [-0.1, -0.05) is 34.8 Å². The standard InChI is InChI=1S/C2HCl3F2.C2H2O/c3-2(4,5)1(6)7;1-2-3/h1H;1H2. The molecule has 0 aromatic rings. The van der Waals surface area contributed by atoms with E-state index in [2.05, 4.69) is 41.4 Å². The van der Waals surface area contributed by atoms with Gasteiger partial charge in [0.05, 0.1) is 0 Å². The molecule has 0 N–H and O–H groups in total. The predicted molar refractivity (Wildman–Crippen MR) is 37.6 cm³/mol. The summed E-state index contributed by atoms with van der Waals surface area (Å²) < 4.78 is 19.9. The van der Waals surface area contributed by atoms with Gasteiger partial charge < -0.3 is 0 Å². The summed E-state index contributed by atoms with van der Waals surface area (Å²) in [5.74, 6) is 1.25. The summed E-state index contributed by atoms with van der Waals surface area (Å²) in [6, 6.07) is 0. The number of carbonyl (C=O) groups excluding carboxylic acids is 1. The van der Waals surface area contributed by atoms with Crippen molar-refractivity contribution < 1.29 is 13.6 Å². The first-order valence-electron chi connectivity index (χ1n) is 1.85. The highest BCUT2D eigenvalue weighted by molar-refractivity contribution is 6.67. The molecule has 0 aliphatic heterocycles. The van der Waals surface area contributed by atoms with E-state index in [4.69, 9.17) is 4.79 Å². The second-order valence-corrected chi connectivity index (χ2v) is 3.36. The normalized spacial score (nSPS) is 9.80. The molecule has 1 nitrogen and oxygen atoms in total. The zero-order valence-electron chi connectivity index (χ0n) is 4.58. The van der Waals surface area contributed by atoms with Gasteiger partial charge in [-0.2, -0.15) is 0 Å². The average molecular weight is 211 g/mol. The Kier molecular flexibility index (Phi) is 7.60. The minimum Gasteiger partial charge on any atom is -0.234 e. The molecule has 0 spiro atoms. The Labute approximate surface area is 71.6 Å². The van der Waals surface area contributed by atoms with Gasteiger partial charge in [0, 0.05) is 0 Å². The van der Waals surface area contributed by atoms with E-state index in [0.717, 1.165) is 0 Å². The molecule has 0 saturated heterocycles. The highest BCUT2D eigenvalue weighted by Gasteiger charge is 2.32. The van der Waals surface area contributed by atoms with E-state index < -0.39 is 10.2 Å². The van der Waals surface area contributed by atoms with Crippen LogP contribution in [0.15, 0.2) is 6.58 Å². The lowest BCUT2D eigenvalue weighted by Crippen LogP contribution is -2.14. The molecule has 0 aromatic heterocycles. The fourth-order valence-electron chi connectivity index (χ4n) is 0. The molecule has 0 unspecified atom stereocenters. The van der Waals surface area contributed by atoms with Crippen molar-refractivity contribution >= 4 is 40.7 Å². The molecule has 0 aromatic carbocycles. The first-order valence-corrected chi connectivity index (χ1v) is 2.98. The van der Waals surface area contributed by atoms with Crippen molar-refractivity contribution in [3.8, 4) is 0 Å². The zero-order chi connectivity index (χ0) is 8.78. The van der Waals surface area contributed by atoms with E-state index in [9.17, 15) is 8.78 Å². The second kappa shape index (κ2) is 5.93. The van der Waals surface area contributed by atoms with Crippen LogP contribution in [-0.2, 0) is 4.79 Å². The van der Waals surface area contributed by atoms with Crippen LogP contribution >= 0.6 is 34.8 Å². The van der Waals surface area contributed by atoms with E-state index in [1.165, 1.54) is 5.94 Å². The van der Waals surface area contributed by atoms with Crippen LogP contribution in [0.25, 0.3) is 0 Å². The van der Waals surface area contributed by atoms with Crippen molar-refractivity contribution in [2.45, 2.75) is 10.2 Å². The quantitative estimate of drug-likeness (QED) is 0.445. The number of hydrogen-bond acceptors (Lipinski definition) is 1. The molecule has 0 atom stereocenters. The summed E-state index contributed by atoms with van der Waals surface area (Å²) in [6.07, 6.45) is -2.91. The van der Waals surface area contributed by atoms with Gasteiger partial charge in [-0.25, -0.2) is 13.6 Å². The van der Waals surface area contributed by atoms with E-state index in [-0.39, 0.29) is 0 Å². The Morgan fingerprint density at radius 3 is 1.50 bits per heavy atom. The maximum absolute atomic E-state index is 11.1. The molecule has 0 bridgehead atoms. The molecular formula is C4H3Cl3F2O.